The number of ketones is 1. The highest BCUT2D eigenvalue weighted by atomic mass is 79.9. The molecule has 2 aromatic carbocycles. The zero-order valence-electron chi connectivity index (χ0n) is 12.9. The van der Waals surface area contributed by atoms with Crippen LogP contribution < -0.4 is 0 Å². The SMILES string of the molecule is Cc1c(C)c(C)c(C(=O)c2ccc(Cl)c(Br)c2)c(C)c1C. The van der Waals surface area contributed by atoms with E-state index >= 15 is 0 Å². The third-order valence-electron chi connectivity index (χ3n) is 4.41. The van der Waals surface area contributed by atoms with Crippen LogP contribution in [0.5, 0.6) is 0 Å². The lowest BCUT2D eigenvalue weighted by Crippen LogP contribution is -2.10. The molecule has 0 saturated heterocycles. The molecule has 1 nitrogen and oxygen atoms in total. The third-order valence-corrected chi connectivity index (χ3v) is 5.62. The van der Waals surface area contributed by atoms with Gasteiger partial charge in [0, 0.05) is 15.6 Å². The Bertz CT molecular complexity index is 718. The van der Waals surface area contributed by atoms with Crippen molar-refractivity contribution >= 4 is 33.3 Å². The van der Waals surface area contributed by atoms with Crippen LogP contribution >= 0.6 is 27.5 Å². The smallest absolute Gasteiger partial charge is 0.193 e. The fraction of sp³-hybridized carbons (Fsp3) is 0.278. The van der Waals surface area contributed by atoms with Crippen LogP contribution in [0.2, 0.25) is 5.02 Å². The molecule has 0 saturated carbocycles. The normalized spacial score (nSPS) is 10.8. The summed E-state index contributed by atoms with van der Waals surface area (Å²) in [5.41, 5.74) is 7.23. The second-order valence-electron chi connectivity index (χ2n) is 5.46. The molecular weight excluding hydrogens is 348 g/mol. The summed E-state index contributed by atoms with van der Waals surface area (Å²) in [7, 11) is 0. The van der Waals surface area contributed by atoms with Gasteiger partial charge >= 0.3 is 0 Å². The molecule has 0 aliphatic heterocycles. The van der Waals surface area contributed by atoms with Gasteiger partial charge in [-0.1, -0.05) is 11.6 Å². The van der Waals surface area contributed by atoms with Crippen molar-refractivity contribution in [1.29, 1.82) is 0 Å². The molecule has 0 amide bonds. The zero-order chi connectivity index (χ0) is 15.9. The molecule has 0 radical (unpaired) electrons. The van der Waals surface area contributed by atoms with E-state index < -0.39 is 0 Å². The molecule has 21 heavy (non-hydrogen) atoms. The van der Waals surface area contributed by atoms with Crippen molar-refractivity contribution in [3.8, 4) is 0 Å². The van der Waals surface area contributed by atoms with Crippen LogP contribution in [0.25, 0.3) is 0 Å². The highest BCUT2D eigenvalue weighted by Gasteiger charge is 2.19. The fourth-order valence-corrected chi connectivity index (χ4v) is 3.12. The number of hydrogen-bond donors (Lipinski definition) is 0. The lowest BCUT2D eigenvalue weighted by Gasteiger charge is -2.18. The molecule has 0 unspecified atom stereocenters. The van der Waals surface area contributed by atoms with Crippen LogP contribution in [-0.4, -0.2) is 5.78 Å². The summed E-state index contributed by atoms with van der Waals surface area (Å²) in [4.78, 5) is 12.9. The van der Waals surface area contributed by atoms with E-state index in [1.807, 2.05) is 13.8 Å². The van der Waals surface area contributed by atoms with Gasteiger partial charge in [0.2, 0.25) is 0 Å². The number of carbonyl (C=O) groups excluding carboxylic acids is 1. The Hall–Kier alpha value is -1.12. The largest absolute Gasteiger partial charge is 0.289 e. The van der Waals surface area contributed by atoms with E-state index in [-0.39, 0.29) is 5.78 Å². The standard InChI is InChI=1S/C18H18BrClO/c1-9-10(2)12(4)17(13(5)11(9)3)18(21)14-6-7-16(20)15(19)8-14/h6-8H,1-5H3. The second-order valence-corrected chi connectivity index (χ2v) is 6.72. The molecule has 2 aromatic rings. The second kappa shape index (κ2) is 5.94. The summed E-state index contributed by atoms with van der Waals surface area (Å²) in [6, 6.07) is 5.31. The summed E-state index contributed by atoms with van der Waals surface area (Å²) in [6.07, 6.45) is 0. The van der Waals surface area contributed by atoms with Crippen molar-refractivity contribution in [2.45, 2.75) is 34.6 Å². The van der Waals surface area contributed by atoms with Crippen LogP contribution in [0.3, 0.4) is 0 Å². The van der Waals surface area contributed by atoms with Gasteiger partial charge in [0.1, 0.15) is 0 Å². The molecular formula is C18H18BrClO. The van der Waals surface area contributed by atoms with Gasteiger partial charge in [-0.15, -0.1) is 0 Å². The summed E-state index contributed by atoms with van der Waals surface area (Å²) in [5, 5.41) is 0.608. The minimum Gasteiger partial charge on any atom is -0.289 e. The number of benzene rings is 2. The Labute approximate surface area is 139 Å². The summed E-state index contributed by atoms with van der Waals surface area (Å²) in [6.45, 7) is 10.3. The zero-order valence-corrected chi connectivity index (χ0v) is 15.2. The first-order valence-corrected chi connectivity index (χ1v) is 7.99. The average molecular weight is 366 g/mol. The molecule has 110 valence electrons. The van der Waals surface area contributed by atoms with Crippen molar-refractivity contribution in [3.63, 3.8) is 0 Å². The predicted molar refractivity (Wildman–Crippen MR) is 92.7 cm³/mol. The molecule has 0 spiro atoms. The molecule has 0 heterocycles. The maximum atomic E-state index is 12.9. The lowest BCUT2D eigenvalue weighted by molar-refractivity contribution is 0.103. The van der Waals surface area contributed by atoms with Crippen LogP contribution in [0, 0.1) is 34.6 Å². The topological polar surface area (TPSA) is 17.1 Å². The van der Waals surface area contributed by atoms with Gasteiger partial charge in [0.05, 0.1) is 5.02 Å². The van der Waals surface area contributed by atoms with Gasteiger partial charge in [-0.05, 0) is 96.6 Å². The van der Waals surface area contributed by atoms with E-state index in [1.54, 1.807) is 18.2 Å². The molecule has 0 aromatic heterocycles. The van der Waals surface area contributed by atoms with Gasteiger partial charge in [0.25, 0.3) is 0 Å². The van der Waals surface area contributed by atoms with Gasteiger partial charge < -0.3 is 0 Å². The molecule has 3 heteroatoms. The van der Waals surface area contributed by atoms with Crippen molar-refractivity contribution in [2.24, 2.45) is 0 Å². The molecule has 2 rings (SSSR count). The number of carbonyl (C=O) groups is 1. The Morgan fingerprint density at radius 1 is 0.905 bits per heavy atom. The molecule has 0 bridgehead atoms. The van der Waals surface area contributed by atoms with Gasteiger partial charge in [-0.25, -0.2) is 0 Å². The van der Waals surface area contributed by atoms with Gasteiger partial charge in [-0.3, -0.25) is 4.79 Å². The van der Waals surface area contributed by atoms with Crippen molar-refractivity contribution < 1.29 is 4.79 Å². The Balaban J connectivity index is 2.66. The van der Waals surface area contributed by atoms with Crippen LogP contribution in [0.4, 0.5) is 0 Å². The number of rotatable bonds is 2. The third kappa shape index (κ3) is 2.79. The van der Waals surface area contributed by atoms with E-state index in [9.17, 15) is 4.79 Å². The molecule has 0 N–H and O–H groups in total. The summed E-state index contributed by atoms with van der Waals surface area (Å²) >= 11 is 9.39. The molecule has 0 aliphatic carbocycles. The number of halogens is 2. The quantitative estimate of drug-likeness (QED) is 0.608. The van der Waals surface area contributed by atoms with E-state index in [1.165, 1.54) is 16.7 Å². The Kier molecular flexibility index (Phi) is 4.60. The highest BCUT2D eigenvalue weighted by molar-refractivity contribution is 9.10. The molecule has 0 fully saturated rings. The number of hydrogen-bond acceptors (Lipinski definition) is 1. The minimum atomic E-state index is 0.0496. The summed E-state index contributed by atoms with van der Waals surface area (Å²) in [5.74, 6) is 0.0496. The maximum Gasteiger partial charge on any atom is 0.193 e. The van der Waals surface area contributed by atoms with Crippen molar-refractivity contribution in [2.75, 3.05) is 0 Å². The van der Waals surface area contributed by atoms with Crippen LogP contribution in [0.1, 0.15) is 43.7 Å². The van der Waals surface area contributed by atoms with E-state index in [0.717, 1.165) is 21.2 Å². The van der Waals surface area contributed by atoms with E-state index in [4.69, 9.17) is 11.6 Å². The van der Waals surface area contributed by atoms with Crippen molar-refractivity contribution in [1.82, 2.24) is 0 Å². The van der Waals surface area contributed by atoms with Crippen LogP contribution in [-0.2, 0) is 0 Å². The fourth-order valence-electron chi connectivity index (χ4n) is 2.62. The van der Waals surface area contributed by atoms with Crippen LogP contribution in [0.15, 0.2) is 22.7 Å². The Morgan fingerprint density at radius 3 is 1.86 bits per heavy atom. The van der Waals surface area contributed by atoms with Gasteiger partial charge in [0.15, 0.2) is 5.78 Å². The van der Waals surface area contributed by atoms with E-state index in [0.29, 0.717) is 10.6 Å². The first kappa shape index (κ1) is 16.3. The Morgan fingerprint density at radius 2 is 1.38 bits per heavy atom. The van der Waals surface area contributed by atoms with Crippen molar-refractivity contribution in [3.05, 3.63) is 66.6 Å². The van der Waals surface area contributed by atoms with E-state index in [2.05, 4.69) is 36.7 Å². The lowest BCUT2D eigenvalue weighted by atomic mass is 9.86. The van der Waals surface area contributed by atoms with Gasteiger partial charge in [-0.2, -0.15) is 0 Å². The first-order chi connectivity index (χ1) is 9.75. The average Bonchev–Trinajstić information content (AvgIpc) is 2.46. The first-order valence-electron chi connectivity index (χ1n) is 6.82. The monoisotopic (exact) mass is 364 g/mol. The molecule has 0 atom stereocenters. The summed E-state index contributed by atoms with van der Waals surface area (Å²) < 4.78 is 0.742. The highest BCUT2D eigenvalue weighted by Crippen LogP contribution is 2.30. The molecule has 0 aliphatic rings. The minimum absolute atomic E-state index is 0.0496. The maximum absolute atomic E-state index is 12.9. The predicted octanol–water partition coefficient (Wildman–Crippen LogP) is 5.88.